The zero-order valence-electron chi connectivity index (χ0n) is 13.2. The lowest BCUT2D eigenvalue weighted by Gasteiger charge is -2.19. The Labute approximate surface area is 138 Å². The Morgan fingerprint density at radius 2 is 2.18 bits per heavy atom. The Morgan fingerprint density at radius 1 is 1.32 bits per heavy atom. The van der Waals surface area contributed by atoms with Gasteiger partial charge in [-0.1, -0.05) is 26.2 Å². The van der Waals surface area contributed by atoms with Crippen molar-refractivity contribution in [3.8, 4) is 5.75 Å². The number of hydrogen-bond acceptors (Lipinski definition) is 3. The maximum absolute atomic E-state index is 5.86. The first kappa shape index (κ1) is 16.7. The molecular formula is C17H25N3OS. The number of ether oxygens (including phenoxy) is 1. The van der Waals surface area contributed by atoms with Crippen molar-refractivity contribution in [2.45, 2.75) is 51.9 Å². The molecule has 0 radical (unpaired) electrons. The minimum absolute atomic E-state index is 0.201. The van der Waals surface area contributed by atoms with Crippen LogP contribution in [-0.4, -0.2) is 17.4 Å². The van der Waals surface area contributed by atoms with E-state index < -0.39 is 0 Å². The molecule has 120 valence electrons. The van der Waals surface area contributed by atoms with Gasteiger partial charge in [-0.2, -0.15) is 5.10 Å². The van der Waals surface area contributed by atoms with Crippen molar-refractivity contribution in [1.82, 2.24) is 5.43 Å². The second kappa shape index (κ2) is 8.73. The van der Waals surface area contributed by atoms with E-state index in [2.05, 4.69) is 29.6 Å². The molecule has 0 heterocycles. The molecule has 5 heteroatoms. The lowest BCUT2D eigenvalue weighted by atomic mass is 9.90. The molecule has 0 fully saturated rings. The topological polar surface area (TPSA) is 59.6 Å². The fraction of sp³-hybridized carbons (Fsp3) is 0.529. The first-order valence-electron chi connectivity index (χ1n) is 8.09. The highest BCUT2D eigenvalue weighted by Crippen LogP contribution is 2.26. The normalized spacial score (nSPS) is 15.4. The number of nitrogens with zero attached hydrogens (tertiary/aromatic N) is 1. The minimum Gasteiger partial charge on any atom is -0.494 e. The van der Waals surface area contributed by atoms with Gasteiger partial charge in [-0.3, -0.25) is 5.43 Å². The molecule has 22 heavy (non-hydrogen) atoms. The molecule has 0 aromatic heterocycles. The van der Waals surface area contributed by atoms with E-state index in [1.54, 1.807) is 0 Å². The summed E-state index contributed by atoms with van der Waals surface area (Å²) < 4.78 is 5.86. The summed E-state index contributed by atoms with van der Waals surface area (Å²) in [4.78, 5) is 0. The lowest BCUT2D eigenvalue weighted by molar-refractivity contribution is 0.304. The van der Waals surface area contributed by atoms with Gasteiger partial charge >= 0.3 is 0 Å². The number of nitrogens with two attached hydrogens (primary N) is 1. The van der Waals surface area contributed by atoms with Crippen LogP contribution in [0.4, 0.5) is 0 Å². The summed E-state index contributed by atoms with van der Waals surface area (Å²) in [6.45, 7) is 3.01. The predicted molar refractivity (Wildman–Crippen MR) is 95.5 cm³/mol. The average Bonchev–Trinajstić information content (AvgIpc) is 2.52. The number of thiocarbonyl (C=S) groups is 1. The van der Waals surface area contributed by atoms with Crippen molar-refractivity contribution >= 4 is 23.0 Å². The van der Waals surface area contributed by atoms with E-state index in [4.69, 9.17) is 22.7 Å². The minimum atomic E-state index is 0.201. The van der Waals surface area contributed by atoms with Gasteiger partial charge in [-0.25, -0.2) is 0 Å². The van der Waals surface area contributed by atoms with Crippen LogP contribution >= 0.6 is 12.2 Å². The van der Waals surface area contributed by atoms with E-state index in [1.807, 2.05) is 6.07 Å². The molecule has 3 N–H and O–H groups in total. The Kier molecular flexibility index (Phi) is 6.65. The van der Waals surface area contributed by atoms with Crippen LogP contribution in [0.15, 0.2) is 23.3 Å². The van der Waals surface area contributed by atoms with Gasteiger partial charge in [0, 0.05) is 5.56 Å². The molecule has 1 aliphatic carbocycles. The molecular weight excluding hydrogens is 294 g/mol. The fourth-order valence-corrected chi connectivity index (χ4v) is 2.73. The molecule has 1 aromatic rings. The van der Waals surface area contributed by atoms with Crippen LogP contribution in [0.25, 0.3) is 0 Å². The van der Waals surface area contributed by atoms with Crippen molar-refractivity contribution in [2.75, 3.05) is 6.61 Å². The van der Waals surface area contributed by atoms with Crippen LogP contribution in [0.2, 0.25) is 0 Å². The van der Waals surface area contributed by atoms with Crippen LogP contribution in [0.5, 0.6) is 5.75 Å². The van der Waals surface area contributed by atoms with Crippen molar-refractivity contribution in [1.29, 1.82) is 0 Å². The van der Waals surface area contributed by atoms with Crippen LogP contribution in [0.1, 0.15) is 56.6 Å². The second-order valence-corrected chi connectivity index (χ2v) is 6.06. The molecule has 1 aromatic carbocycles. The summed E-state index contributed by atoms with van der Waals surface area (Å²) >= 11 is 4.80. The van der Waals surface area contributed by atoms with Gasteiger partial charge < -0.3 is 10.5 Å². The van der Waals surface area contributed by atoms with Crippen molar-refractivity contribution < 1.29 is 4.74 Å². The quantitative estimate of drug-likeness (QED) is 0.459. The Balaban J connectivity index is 1.98. The maximum Gasteiger partial charge on any atom is 0.184 e. The number of unbranched alkanes of at least 4 members (excludes halogenated alkanes) is 3. The molecule has 0 atom stereocenters. The Morgan fingerprint density at radius 3 is 2.95 bits per heavy atom. The third kappa shape index (κ3) is 4.98. The Bertz CT molecular complexity index is 543. The van der Waals surface area contributed by atoms with E-state index >= 15 is 0 Å². The largest absolute Gasteiger partial charge is 0.494 e. The summed E-state index contributed by atoms with van der Waals surface area (Å²) in [5.74, 6) is 0.957. The van der Waals surface area contributed by atoms with Gasteiger partial charge in [-0.05, 0) is 61.7 Å². The van der Waals surface area contributed by atoms with Crippen LogP contribution in [0.3, 0.4) is 0 Å². The molecule has 0 amide bonds. The van der Waals surface area contributed by atoms with Crippen molar-refractivity contribution in [3.05, 3.63) is 29.3 Å². The van der Waals surface area contributed by atoms with Crippen LogP contribution in [-0.2, 0) is 6.42 Å². The second-order valence-electron chi connectivity index (χ2n) is 5.62. The third-order valence-electron chi connectivity index (χ3n) is 3.81. The van der Waals surface area contributed by atoms with Gasteiger partial charge in [0.05, 0.1) is 12.3 Å². The molecule has 0 aliphatic heterocycles. The van der Waals surface area contributed by atoms with E-state index in [9.17, 15) is 0 Å². The highest BCUT2D eigenvalue weighted by molar-refractivity contribution is 7.80. The van der Waals surface area contributed by atoms with E-state index in [0.29, 0.717) is 0 Å². The fourth-order valence-electron chi connectivity index (χ4n) is 2.69. The van der Waals surface area contributed by atoms with Crippen molar-refractivity contribution in [2.24, 2.45) is 10.8 Å². The molecule has 1 aliphatic rings. The summed E-state index contributed by atoms with van der Waals surface area (Å²) in [7, 11) is 0. The Hall–Kier alpha value is -1.62. The highest BCUT2D eigenvalue weighted by Gasteiger charge is 2.16. The molecule has 4 nitrogen and oxygen atoms in total. The summed E-state index contributed by atoms with van der Waals surface area (Å²) in [6, 6.07) is 6.26. The molecule has 0 spiro atoms. The number of fused-ring (bicyclic) bond motifs is 1. The number of benzene rings is 1. The summed E-state index contributed by atoms with van der Waals surface area (Å²) in [5.41, 5.74) is 11.6. The number of aryl methyl sites for hydroxylation is 1. The number of hydrazone groups is 1. The number of hydrogen-bond donors (Lipinski definition) is 2. The monoisotopic (exact) mass is 319 g/mol. The predicted octanol–water partition coefficient (Wildman–Crippen LogP) is 3.52. The summed E-state index contributed by atoms with van der Waals surface area (Å²) in [6.07, 6.45) is 7.99. The summed E-state index contributed by atoms with van der Waals surface area (Å²) in [5, 5.41) is 4.51. The molecule has 2 rings (SSSR count). The molecule has 0 bridgehead atoms. The van der Waals surface area contributed by atoms with Gasteiger partial charge in [0.25, 0.3) is 0 Å². The van der Waals surface area contributed by atoms with Crippen LogP contribution < -0.4 is 15.9 Å². The lowest BCUT2D eigenvalue weighted by Crippen LogP contribution is -2.26. The van der Waals surface area contributed by atoms with Crippen LogP contribution in [0, 0.1) is 0 Å². The van der Waals surface area contributed by atoms with Gasteiger partial charge in [0.1, 0.15) is 5.75 Å². The zero-order valence-corrected chi connectivity index (χ0v) is 14.0. The number of nitrogens with one attached hydrogen (secondary N) is 1. The van der Waals surface area contributed by atoms with E-state index in [0.717, 1.165) is 43.8 Å². The van der Waals surface area contributed by atoms with Gasteiger partial charge in [0.2, 0.25) is 0 Å². The van der Waals surface area contributed by atoms with Crippen molar-refractivity contribution in [3.63, 3.8) is 0 Å². The molecule has 0 saturated heterocycles. The first-order chi connectivity index (χ1) is 10.7. The number of rotatable bonds is 7. The maximum atomic E-state index is 5.86. The third-order valence-corrected chi connectivity index (χ3v) is 3.91. The average molecular weight is 319 g/mol. The SMILES string of the molecule is CCCCCCOc1ccc2c(c1)CCC/C2=N/NC(N)=S. The molecule has 0 saturated carbocycles. The first-order valence-corrected chi connectivity index (χ1v) is 8.49. The van der Waals surface area contributed by atoms with E-state index in [1.165, 1.54) is 30.4 Å². The van der Waals surface area contributed by atoms with Gasteiger partial charge in [0.15, 0.2) is 5.11 Å². The zero-order chi connectivity index (χ0) is 15.8. The highest BCUT2D eigenvalue weighted by atomic mass is 32.1. The standard InChI is InChI=1S/C17H25N3OS/c1-2-3-4-5-11-21-14-9-10-15-13(12-14)7-6-8-16(15)19-20-17(18)22/h9-10,12H,2-8,11H2,1H3,(H3,18,20,22)/b19-16-. The smallest absolute Gasteiger partial charge is 0.184 e. The van der Waals surface area contributed by atoms with E-state index in [-0.39, 0.29) is 5.11 Å². The molecule has 0 unspecified atom stereocenters. The van der Waals surface area contributed by atoms with Gasteiger partial charge in [-0.15, -0.1) is 0 Å².